The normalized spacial score (nSPS) is 28.3. The van der Waals surface area contributed by atoms with Crippen molar-refractivity contribution in [1.82, 2.24) is 14.7 Å². The third-order valence-electron chi connectivity index (χ3n) is 6.28. The fourth-order valence-corrected chi connectivity index (χ4v) is 5.33. The van der Waals surface area contributed by atoms with E-state index in [1.54, 1.807) is 12.1 Å². The van der Waals surface area contributed by atoms with E-state index in [1.165, 1.54) is 5.56 Å². The number of hydrogen-bond donors (Lipinski definition) is 0. The van der Waals surface area contributed by atoms with Crippen molar-refractivity contribution in [2.45, 2.75) is 6.54 Å². The van der Waals surface area contributed by atoms with Crippen LogP contribution >= 0.6 is 0 Å². The minimum Gasteiger partial charge on any atom is -1.00 e. The summed E-state index contributed by atoms with van der Waals surface area (Å²) in [6, 6.07) is 21.4. The van der Waals surface area contributed by atoms with Crippen LogP contribution in [0.5, 0.6) is 0 Å². The van der Waals surface area contributed by atoms with Gasteiger partial charge in [0.15, 0.2) is 5.43 Å². The van der Waals surface area contributed by atoms with E-state index >= 15 is 0 Å². The summed E-state index contributed by atoms with van der Waals surface area (Å²) < 4.78 is 7.16. The van der Waals surface area contributed by atoms with Gasteiger partial charge >= 0.3 is 0 Å². The van der Waals surface area contributed by atoms with Crippen LogP contribution in [-0.2, 0) is 6.54 Å². The fraction of sp³-hybridized carbons (Fsp3) is 0.292. The number of rotatable bonds is 4. The average molecular weight is 481 g/mol. The molecule has 0 radical (unpaired) electrons. The lowest BCUT2D eigenvalue weighted by Gasteiger charge is -2.60. The largest absolute Gasteiger partial charge is 1.00 e. The summed E-state index contributed by atoms with van der Waals surface area (Å²) in [6.45, 7) is 7.72. The lowest BCUT2D eigenvalue weighted by atomic mass is 10.1. The molecule has 0 unspecified atom stereocenters. The lowest BCUT2D eigenvalue weighted by Crippen LogP contribution is -3.00. The summed E-state index contributed by atoms with van der Waals surface area (Å²) >= 11 is 0. The molecule has 160 valence electrons. The molecule has 0 aliphatic carbocycles. The molecule has 4 aliphatic rings. The maximum absolute atomic E-state index is 12.3. The van der Waals surface area contributed by atoms with E-state index in [-0.39, 0.29) is 22.4 Å². The van der Waals surface area contributed by atoms with Gasteiger partial charge in [0.25, 0.3) is 0 Å². The van der Waals surface area contributed by atoms with Gasteiger partial charge in [-0.2, -0.15) is 0 Å². The summed E-state index contributed by atoms with van der Waals surface area (Å²) in [4.78, 5) is 19.9. The molecule has 4 saturated heterocycles. The van der Waals surface area contributed by atoms with Gasteiger partial charge in [0, 0.05) is 28.8 Å². The van der Waals surface area contributed by atoms with Gasteiger partial charge in [0.05, 0.1) is 20.0 Å². The van der Waals surface area contributed by atoms with Crippen molar-refractivity contribution in [1.29, 1.82) is 0 Å². The van der Waals surface area contributed by atoms with Crippen molar-refractivity contribution in [3.05, 3.63) is 82.5 Å². The maximum atomic E-state index is 12.3. The van der Waals surface area contributed by atoms with Gasteiger partial charge in [-0.05, 0) is 0 Å². The van der Waals surface area contributed by atoms with Crippen LogP contribution in [-0.4, -0.2) is 59.2 Å². The van der Waals surface area contributed by atoms with Gasteiger partial charge in [-0.15, -0.1) is 0 Å². The van der Waals surface area contributed by atoms with Crippen LogP contribution in [0.1, 0.15) is 5.56 Å². The van der Waals surface area contributed by atoms with E-state index in [0.29, 0.717) is 11.5 Å². The van der Waals surface area contributed by atoms with Gasteiger partial charge < -0.3 is 21.4 Å². The monoisotopic (exact) mass is 480 g/mol. The quantitative estimate of drug-likeness (QED) is 0.491. The molecule has 2 aromatic carbocycles. The van der Waals surface area contributed by atoms with Gasteiger partial charge in [-0.3, -0.25) is 9.28 Å². The van der Waals surface area contributed by atoms with Crippen molar-refractivity contribution < 1.29 is 25.9 Å². The molecular weight excluding hydrogens is 456 g/mol. The van der Waals surface area contributed by atoms with Crippen molar-refractivity contribution in [3.63, 3.8) is 0 Å². The highest BCUT2D eigenvalue weighted by molar-refractivity contribution is 5.62. The topological polar surface area (TPSA) is 39.9 Å². The molecule has 0 spiro atoms. The molecule has 4 bridgehead atoms. The van der Waals surface area contributed by atoms with Crippen LogP contribution < -0.4 is 22.4 Å². The van der Waals surface area contributed by atoms with Crippen molar-refractivity contribution >= 4 is 0 Å². The van der Waals surface area contributed by atoms with Crippen LogP contribution in [0.25, 0.3) is 22.6 Å². The molecule has 0 N–H and O–H groups in total. The first-order chi connectivity index (χ1) is 14.6. The van der Waals surface area contributed by atoms with Crippen LogP contribution in [0.15, 0.2) is 75.9 Å². The Labute approximate surface area is 192 Å². The van der Waals surface area contributed by atoms with Crippen molar-refractivity contribution in [2.75, 3.05) is 40.0 Å². The highest BCUT2D eigenvalue weighted by Crippen LogP contribution is 2.31. The van der Waals surface area contributed by atoms with E-state index in [0.717, 1.165) is 62.2 Å². The zero-order valence-electron chi connectivity index (χ0n) is 17.3. The number of benzene rings is 2. The Hall–Kier alpha value is -2.29. The summed E-state index contributed by atoms with van der Waals surface area (Å²) in [5, 5.41) is 0. The van der Waals surface area contributed by atoms with Gasteiger partial charge in [-0.25, -0.2) is 14.7 Å². The van der Waals surface area contributed by atoms with Crippen molar-refractivity contribution in [2.24, 2.45) is 0 Å². The van der Waals surface area contributed by atoms with Gasteiger partial charge in [0.1, 0.15) is 38.1 Å². The van der Waals surface area contributed by atoms with Gasteiger partial charge in [-0.1, -0.05) is 54.6 Å². The lowest BCUT2D eigenvalue weighted by molar-refractivity contribution is -0.991. The Kier molecular flexibility index (Phi) is 5.32. The molecule has 0 saturated carbocycles. The average Bonchev–Trinajstić information content (AvgIpc) is 2.73. The van der Waals surface area contributed by atoms with E-state index < -0.39 is 0 Å². The molecular formula is C24H25BrN4O2. The predicted octanol–water partition coefficient (Wildman–Crippen LogP) is -0.0136. The highest BCUT2D eigenvalue weighted by atomic mass is 79.9. The van der Waals surface area contributed by atoms with E-state index in [9.17, 15) is 4.79 Å². The SMILES string of the molecule is O=c1cc(-c2ccccc2)oc(-c2ccc(C[N+]34CN5CN(CN(C5)C3)C4)cc2)c1.[Br-]. The molecule has 4 fully saturated rings. The molecule has 31 heavy (non-hydrogen) atoms. The Balaban J connectivity index is 0.00000204. The number of quaternary nitrogens is 1. The first kappa shape index (κ1) is 20.6. The van der Waals surface area contributed by atoms with E-state index in [4.69, 9.17) is 4.42 Å². The smallest absolute Gasteiger partial charge is 0.186 e. The summed E-state index contributed by atoms with van der Waals surface area (Å²) in [7, 11) is 0. The fourth-order valence-electron chi connectivity index (χ4n) is 5.33. The van der Waals surface area contributed by atoms with Crippen LogP contribution in [0.3, 0.4) is 0 Å². The third kappa shape index (κ3) is 4.00. The Morgan fingerprint density at radius 1 is 0.742 bits per heavy atom. The molecule has 1 aromatic heterocycles. The van der Waals surface area contributed by atoms with E-state index in [2.05, 4.69) is 39.0 Å². The first-order valence-electron chi connectivity index (χ1n) is 10.5. The number of hydrogen-bond acceptors (Lipinski definition) is 5. The second kappa shape index (κ2) is 8.00. The summed E-state index contributed by atoms with van der Waals surface area (Å²) in [6.07, 6.45) is 0. The minimum absolute atomic E-state index is 0. The Bertz CT molecular complexity index is 1100. The van der Waals surface area contributed by atoms with Crippen LogP contribution in [0, 0.1) is 0 Å². The van der Waals surface area contributed by atoms with E-state index in [1.807, 2.05) is 30.3 Å². The minimum atomic E-state index is -0.0402. The third-order valence-corrected chi connectivity index (χ3v) is 6.28. The Morgan fingerprint density at radius 3 is 1.81 bits per heavy atom. The molecule has 3 aromatic rings. The zero-order chi connectivity index (χ0) is 20.1. The molecule has 0 atom stereocenters. The highest BCUT2D eigenvalue weighted by Gasteiger charge is 2.48. The molecule has 0 amide bonds. The van der Waals surface area contributed by atoms with Crippen LogP contribution in [0.4, 0.5) is 0 Å². The maximum Gasteiger partial charge on any atom is 0.186 e. The second-order valence-electron chi connectivity index (χ2n) is 8.95. The zero-order valence-corrected chi connectivity index (χ0v) is 18.9. The Morgan fingerprint density at radius 2 is 1.26 bits per heavy atom. The second-order valence-corrected chi connectivity index (χ2v) is 8.95. The number of halogens is 1. The number of nitrogens with zero attached hydrogens (tertiary/aromatic N) is 4. The van der Waals surface area contributed by atoms with Crippen LogP contribution in [0.2, 0.25) is 0 Å². The summed E-state index contributed by atoms with van der Waals surface area (Å²) in [5.41, 5.74) is 3.13. The first-order valence-corrected chi connectivity index (χ1v) is 10.5. The molecule has 6 nitrogen and oxygen atoms in total. The molecule has 5 heterocycles. The summed E-state index contributed by atoms with van der Waals surface area (Å²) in [5.74, 6) is 1.21. The van der Waals surface area contributed by atoms with Crippen molar-refractivity contribution in [3.8, 4) is 22.6 Å². The predicted molar refractivity (Wildman–Crippen MR) is 115 cm³/mol. The standard InChI is InChI=1S/C24H25N4O2.BrH/c29-22-10-23(20-4-2-1-3-5-20)30-24(11-22)21-8-6-19(7-9-21)12-28-16-25-13-26(17-28)15-27(14-25)18-28;/h1-11H,12-18H2;1H/q+1;/p-1. The molecule has 4 aliphatic heterocycles. The molecule has 7 rings (SSSR count). The van der Waals surface area contributed by atoms with Gasteiger partial charge in [0.2, 0.25) is 0 Å². The molecule has 7 heteroatoms.